The van der Waals surface area contributed by atoms with Crippen LogP contribution in [0.4, 0.5) is 18.0 Å². The lowest BCUT2D eigenvalue weighted by atomic mass is 10.2. The van der Waals surface area contributed by atoms with Gasteiger partial charge in [0.05, 0.1) is 6.54 Å². The third kappa shape index (κ3) is 14.1. The van der Waals surface area contributed by atoms with Gasteiger partial charge in [-0.3, -0.25) is 0 Å². The first-order valence-electron chi connectivity index (χ1n) is 9.12. The van der Waals surface area contributed by atoms with E-state index in [-0.39, 0.29) is 36.4 Å². The van der Waals surface area contributed by atoms with Crippen LogP contribution in [0.25, 0.3) is 0 Å². The second-order valence-electron chi connectivity index (χ2n) is 6.96. The lowest BCUT2D eigenvalue weighted by molar-refractivity contribution is -0.154. The smallest absolute Gasteiger partial charge is 0.422 e. The lowest BCUT2D eigenvalue weighted by Crippen LogP contribution is -2.42. The Bertz CT molecular complexity index is 665. The molecule has 0 saturated carbocycles. The van der Waals surface area contributed by atoms with Crippen molar-refractivity contribution < 1.29 is 27.4 Å². The van der Waals surface area contributed by atoms with Crippen molar-refractivity contribution in [1.82, 2.24) is 20.9 Å². The predicted octanol–water partition coefficient (Wildman–Crippen LogP) is 3.22. The Morgan fingerprint density at radius 2 is 1.80 bits per heavy atom. The molecular formula is C18H29F3IN5O3. The summed E-state index contributed by atoms with van der Waals surface area (Å²) in [5.74, 6) is 0.421. The number of alkyl carbamates (subject to hydrolysis) is 1. The van der Waals surface area contributed by atoms with E-state index in [1.807, 2.05) is 6.92 Å². The second-order valence-corrected chi connectivity index (χ2v) is 6.96. The van der Waals surface area contributed by atoms with E-state index in [0.29, 0.717) is 31.2 Å². The number of pyridine rings is 1. The summed E-state index contributed by atoms with van der Waals surface area (Å²) >= 11 is 0. The van der Waals surface area contributed by atoms with Crippen molar-refractivity contribution in [2.45, 2.75) is 46.0 Å². The number of amides is 1. The summed E-state index contributed by atoms with van der Waals surface area (Å²) in [6, 6.07) is 2.96. The van der Waals surface area contributed by atoms with Crippen LogP contribution in [0.1, 0.15) is 33.3 Å². The van der Waals surface area contributed by atoms with Crippen LogP contribution in [0.5, 0.6) is 5.88 Å². The third-order valence-electron chi connectivity index (χ3n) is 3.03. The molecule has 0 aliphatic heterocycles. The van der Waals surface area contributed by atoms with Crippen molar-refractivity contribution in [3.63, 3.8) is 0 Å². The van der Waals surface area contributed by atoms with Gasteiger partial charge in [0.2, 0.25) is 5.88 Å². The monoisotopic (exact) mass is 547 g/mol. The van der Waals surface area contributed by atoms with Gasteiger partial charge in [0, 0.05) is 31.9 Å². The highest BCUT2D eigenvalue weighted by atomic mass is 127. The first kappa shape index (κ1) is 28.0. The fraction of sp³-hybridized carbons (Fsp3) is 0.611. The Hall–Kier alpha value is -1.99. The van der Waals surface area contributed by atoms with Crippen molar-refractivity contribution >= 4 is 36.0 Å². The van der Waals surface area contributed by atoms with E-state index in [2.05, 4.69) is 30.7 Å². The summed E-state index contributed by atoms with van der Waals surface area (Å²) in [5, 5.41) is 8.74. The van der Waals surface area contributed by atoms with E-state index >= 15 is 0 Å². The van der Waals surface area contributed by atoms with Gasteiger partial charge in [0.15, 0.2) is 12.6 Å². The van der Waals surface area contributed by atoms with Crippen molar-refractivity contribution in [1.29, 1.82) is 0 Å². The zero-order valence-electron chi connectivity index (χ0n) is 17.4. The molecule has 172 valence electrons. The molecule has 0 radical (unpaired) electrons. The summed E-state index contributed by atoms with van der Waals surface area (Å²) in [7, 11) is 0. The first-order valence-corrected chi connectivity index (χ1v) is 9.12. The number of halogens is 4. The predicted molar refractivity (Wildman–Crippen MR) is 118 cm³/mol. The Labute approximate surface area is 191 Å². The second kappa shape index (κ2) is 13.3. The van der Waals surface area contributed by atoms with Crippen LogP contribution in [-0.2, 0) is 11.3 Å². The summed E-state index contributed by atoms with van der Waals surface area (Å²) in [6.07, 6.45) is -3.50. The molecule has 0 atom stereocenters. The molecule has 30 heavy (non-hydrogen) atoms. The highest BCUT2D eigenvalue weighted by molar-refractivity contribution is 14.0. The van der Waals surface area contributed by atoms with Gasteiger partial charge in [-0.25, -0.2) is 14.8 Å². The Balaban J connectivity index is 0.00000841. The van der Waals surface area contributed by atoms with Gasteiger partial charge in [-0.05, 0) is 33.3 Å². The molecule has 0 unspecified atom stereocenters. The van der Waals surface area contributed by atoms with Crippen LogP contribution >= 0.6 is 24.0 Å². The van der Waals surface area contributed by atoms with Gasteiger partial charge in [0.1, 0.15) is 5.60 Å². The Kier molecular flexibility index (Phi) is 12.5. The normalized spacial score (nSPS) is 11.9. The molecule has 0 aromatic carbocycles. The Morgan fingerprint density at radius 1 is 1.13 bits per heavy atom. The van der Waals surface area contributed by atoms with E-state index in [4.69, 9.17) is 4.74 Å². The van der Waals surface area contributed by atoms with E-state index in [9.17, 15) is 18.0 Å². The molecule has 1 heterocycles. The van der Waals surface area contributed by atoms with Gasteiger partial charge < -0.3 is 25.4 Å². The fourth-order valence-electron chi connectivity index (χ4n) is 1.92. The fourth-order valence-corrected chi connectivity index (χ4v) is 1.92. The molecule has 0 fully saturated rings. The number of aliphatic imine (C=N–C) groups is 1. The molecule has 8 nitrogen and oxygen atoms in total. The number of carbonyl (C=O) groups is 1. The topological polar surface area (TPSA) is 96.9 Å². The maximum atomic E-state index is 12.1. The molecule has 0 saturated heterocycles. The molecular weight excluding hydrogens is 518 g/mol. The summed E-state index contributed by atoms with van der Waals surface area (Å²) in [6.45, 7) is 7.53. The number of rotatable bonds is 8. The average molecular weight is 547 g/mol. The summed E-state index contributed by atoms with van der Waals surface area (Å²) in [5.41, 5.74) is 0.142. The number of nitrogens with zero attached hydrogens (tertiary/aromatic N) is 2. The minimum absolute atomic E-state index is 0. The quantitative estimate of drug-likeness (QED) is 0.200. The van der Waals surface area contributed by atoms with Gasteiger partial charge >= 0.3 is 12.3 Å². The molecule has 0 bridgehead atoms. The van der Waals surface area contributed by atoms with Crippen LogP contribution in [-0.4, -0.2) is 55.1 Å². The van der Waals surface area contributed by atoms with Crippen LogP contribution in [0.15, 0.2) is 23.3 Å². The standard InChI is InChI=1S/C18H28F3N5O3.HI/c1-5-22-15(23-8-9-24-16(27)29-17(2,3)4)26-11-13-6-7-14(25-10-13)28-12-18(19,20)21;/h6-7,10H,5,8-9,11-12H2,1-4H3,(H,24,27)(H2,22,23,26);1H. The number of carbonyl (C=O) groups excluding carboxylic acids is 1. The van der Waals surface area contributed by atoms with Gasteiger partial charge in [-0.15, -0.1) is 24.0 Å². The van der Waals surface area contributed by atoms with Crippen LogP contribution in [0.3, 0.4) is 0 Å². The molecule has 0 aliphatic carbocycles. The highest BCUT2D eigenvalue weighted by Gasteiger charge is 2.28. The molecule has 0 spiro atoms. The van der Waals surface area contributed by atoms with Crippen molar-refractivity contribution in [3.8, 4) is 5.88 Å². The molecule has 1 rings (SSSR count). The number of aromatic nitrogens is 1. The molecule has 1 aromatic heterocycles. The largest absolute Gasteiger partial charge is 0.468 e. The number of alkyl halides is 3. The Morgan fingerprint density at radius 3 is 2.33 bits per heavy atom. The number of hydrogen-bond acceptors (Lipinski definition) is 5. The minimum Gasteiger partial charge on any atom is -0.468 e. The van der Waals surface area contributed by atoms with E-state index < -0.39 is 24.5 Å². The SMILES string of the molecule is CCNC(=NCc1ccc(OCC(F)(F)F)nc1)NCCNC(=O)OC(C)(C)C.I. The number of ether oxygens (including phenoxy) is 2. The maximum absolute atomic E-state index is 12.1. The van der Waals surface area contributed by atoms with E-state index in [1.54, 1.807) is 26.8 Å². The molecule has 1 aromatic rings. The number of hydrogen-bond donors (Lipinski definition) is 3. The maximum Gasteiger partial charge on any atom is 0.422 e. The van der Waals surface area contributed by atoms with Crippen LogP contribution in [0, 0.1) is 0 Å². The van der Waals surface area contributed by atoms with Crippen LogP contribution < -0.4 is 20.7 Å². The van der Waals surface area contributed by atoms with Crippen molar-refractivity contribution in [3.05, 3.63) is 23.9 Å². The zero-order valence-corrected chi connectivity index (χ0v) is 19.8. The summed E-state index contributed by atoms with van der Waals surface area (Å²) in [4.78, 5) is 19.8. The van der Waals surface area contributed by atoms with E-state index in [0.717, 1.165) is 0 Å². The van der Waals surface area contributed by atoms with Crippen LogP contribution in [0.2, 0.25) is 0 Å². The van der Waals surface area contributed by atoms with E-state index in [1.165, 1.54) is 12.3 Å². The highest BCUT2D eigenvalue weighted by Crippen LogP contribution is 2.17. The average Bonchev–Trinajstić information content (AvgIpc) is 2.60. The van der Waals surface area contributed by atoms with Crippen molar-refractivity contribution in [2.24, 2.45) is 4.99 Å². The van der Waals surface area contributed by atoms with Gasteiger partial charge in [-0.1, -0.05) is 6.07 Å². The molecule has 12 heteroatoms. The third-order valence-corrected chi connectivity index (χ3v) is 3.03. The first-order chi connectivity index (χ1) is 13.5. The lowest BCUT2D eigenvalue weighted by Gasteiger charge is -2.19. The molecule has 3 N–H and O–H groups in total. The zero-order chi connectivity index (χ0) is 21.9. The number of guanidine groups is 1. The molecule has 1 amide bonds. The number of nitrogens with one attached hydrogen (secondary N) is 3. The minimum atomic E-state index is -4.41. The molecule has 0 aliphatic rings. The van der Waals surface area contributed by atoms with Gasteiger partial charge in [0.25, 0.3) is 0 Å². The van der Waals surface area contributed by atoms with Crippen molar-refractivity contribution in [2.75, 3.05) is 26.2 Å². The summed E-state index contributed by atoms with van der Waals surface area (Å²) < 4.78 is 46.1. The van der Waals surface area contributed by atoms with Gasteiger partial charge in [-0.2, -0.15) is 13.2 Å².